The van der Waals surface area contributed by atoms with Crippen LogP contribution in [0.1, 0.15) is 11.8 Å². The van der Waals surface area contributed by atoms with E-state index in [0.717, 1.165) is 5.39 Å². The lowest BCUT2D eigenvalue weighted by Crippen LogP contribution is -2.11. The Morgan fingerprint density at radius 2 is 2.23 bits per heavy atom. The average Bonchev–Trinajstić information content (AvgIpc) is 2.60. The number of hydrogen-bond donors (Lipinski definition) is 2. The van der Waals surface area contributed by atoms with Crippen molar-refractivity contribution in [2.45, 2.75) is 6.10 Å². The Labute approximate surface area is 74.9 Å². The number of fused-ring (bicyclic) bond motifs is 1. The van der Waals surface area contributed by atoms with Gasteiger partial charge >= 0.3 is 0 Å². The Morgan fingerprint density at radius 3 is 3.00 bits per heavy atom. The third-order valence-corrected chi connectivity index (χ3v) is 1.94. The van der Waals surface area contributed by atoms with Gasteiger partial charge in [-0.05, 0) is 12.1 Å². The lowest BCUT2D eigenvalue weighted by molar-refractivity contribution is 0.177. The third kappa shape index (κ3) is 1.30. The lowest BCUT2D eigenvalue weighted by Gasteiger charge is -2.01. The predicted molar refractivity (Wildman–Crippen MR) is 48.0 cm³/mol. The Morgan fingerprint density at radius 1 is 1.46 bits per heavy atom. The van der Waals surface area contributed by atoms with E-state index in [4.69, 9.17) is 10.3 Å². The molecule has 4 heteroatoms. The second-order valence-electron chi connectivity index (χ2n) is 2.82. The highest BCUT2D eigenvalue weighted by Crippen LogP contribution is 2.22. The van der Waals surface area contributed by atoms with Crippen LogP contribution in [0.3, 0.4) is 0 Å². The van der Waals surface area contributed by atoms with Crippen LogP contribution in [0.2, 0.25) is 0 Å². The molecule has 0 saturated carbocycles. The standard InChI is InChI=1S/C9H10N2O2/c10-5-7(12)9-6-3-1-2-4-8(6)13-11-9/h1-4,7,12H,5,10H2. The highest BCUT2D eigenvalue weighted by Gasteiger charge is 2.14. The van der Waals surface area contributed by atoms with Gasteiger partial charge in [0.2, 0.25) is 0 Å². The Balaban J connectivity index is 2.57. The molecule has 0 aliphatic heterocycles. The zero-order valence-electron chi connectivity index (χ0n) is 6.97. The van der Waals surface area contributed by atoms with Gasteiger partial charge in [0.1, 0.15) is 11.8 Å². The van der Waals surface area contributed by atoms with Gasteiger partial charge in [-0.3, -0.25) is 0 Å². The molecule has 0 spiro atoms. The minimum Gasteiger partial charge on any atom is -0.385 e. The maximum Gasteiger partial charge on any atom is 0.167 e. The Hall–Kier alpha value is -1.39. The van der Waals surface area contributed by atoms with Crippen molar-refractivity contribution in [1.82, 2.24) is 5.16 Å². The van der Waals surface area contributed by atoms with Gasteiger partial charge < -0.3 is 15.4 Å². The number of para-hydroxylation sites is 1. The van der Waals surface area contributed by atoms with E-state index in [1.165, 1.54) is 0 Å². The smallest absolute Gasteiger partial charge is 0.167 e. The molecule has 0 radical (unpaired) electrons. The van der Waals surface area contributed by atoms with E-state index in [1.807, 2.05) is 18.2 Å². The van der Waals surface area contributed by atoms with E-state index in [9.17, 15) is 5.11 Å². The number of hydrogen-bond acceptors (Lipinski definition) is 4. The van der Waals surface area contributed by atoms with Crippen LogP contribution in [-0.2, 0) is 0 Å². The van der Waals surface area contributed by atoms with Crippen LogP contribution in [0.15, 0.2) is 28.8 Å². The number of rotatable bonds is 2. The van der Waals surface area contributed by atoms with E-state index in [2.05, 4.69) is 5.16 Å². The molecule has 0 fully saturated rings. The Bertz CT molecular complexity index is 411. The normalized spacial score (nSPS) is 13.4. The Kier molecular flexibility index (Phi) is 2.00. The molecule has 1 aromatic carbocycles. The van der Waals surface area contributed by atoms with Crippen LogP contribution in [0, 0.1) is 0 Å². The van der Waals surface area contributed by atoms with Crippen molar-refractivity contribution < 1.29 is 9.63 Å². The summed E-state index contributed by atoms with van der Waals surface area (Å²) in [4.78, 5) is 0. The first-order valence-electron chi connectivity index (χ1n) is 4.05. The monoisotopic (exact) mass is 178 g/mol. The maximum absolute atomic E-state index is 9.47. The van der Waals surface area contributed by atoms with Gasteiger partial charge in [0, 0.05) is 11.9 Å². The number of benzene rings is 1. The SMILES string of the molecule is NCC(O)c1noc2ccccc12. The summed E-state index contributed by atoms with van der Waals surface area (Å²) in [5, 5.41) is 14.0. The van der Waals surface area contributed by atoms with Crippen molar-refractivity contribution >= 4 is 11.0 Å². The third-order valence-electron chi connectivity index (χ3n) is 1.94. The van der Waals surface area contributed by atoms with E-state index < -0.39 is 6.10 Å². The zero-order valence-corrected chi connectivity index (χ0v) is 6.97. The molecule has 68 valence electrons. The predicted octanol–water partition coefficient (Wildman–Crippen LogP) is 0.820. The number of aromatic nitrogens is 1. The van der Waals surface area contributed by atoms with Gasteiger partial charge in [0.15, 0.2) is 5.58 Å². The van der Waals surface area contributed by atoms with Crippen LogP contribution in [0.4, 0.5) is 0 Å². The molecule has 1 unspecified atom stereocenters. The quantitative estimate of drug-likeness (QED) is 0.714. The van der Waals surface area contributed by atoms with Gasteiger partial charge in [-0.1, -0.05) is 17.3 Å². The number of nitrogens with zero attached hydrogens (tertiary/aromatic N) is 1. The van der Waals surface area contributed by atoms with Gasteiger partial charge in [0.05, 0.1) is 0 Å². The summed E-state index contributed by atoms with van der Waals surface area (Å²) in [6.45, 7) is 0.149. The second-order valence-corrected chi connectivity index (χ2v) is 2.82. The minimum atomic E-state index is -0.747. The van der Waals surface area contributed by atoms with Crippen molar-refractivity contribution in [2.75, 3.05) is 6.54 Å². The summed E-state index contributed by atoms with van der Waals surface area (Å²) in [6, 6.07) is 7.37. The van der Waals surface area contributed by atoms with Crippen molar-refractivity contribution in [2.24, 2.45) is 5.73 Å². The number of aliphatic hydroxyl groups excluding tert-OH is 1. The largest absolute Gasteiger partial charge is 0.385 e. The fraction of sp³-hybridized carbons (Fsp3) is 0.222. The van der Waals surface area contributed by atoms with E-state index in [1.54, 1.807) is 6.07 Å². The fourth-order valence-corrected chi connectivity index (χ4v) is 1.26. The summed E-state index contributed by atoms with van der Waals surface area (Å²) in [5.41, 5.74) is 6.51. The van der Waals surface area contributed by atoms with Crippen LogP contribution >= 0.6 is 0 Å². The van der Waals surface area contributed by atoms with Crippen molar-refractivity contribution in [3.63, 3.8) is 0 Å². The van der Waals surface area contributed by atoms with Crippen molar-refractivity contribution in [3.05, 3.63) is 30.0 Å². The molecule has 13 heavy (non-hydrogen) atoms. The van der Waals surface area contributed by atoms with Gasteiger partial charge in [-0.25, -0.2) is 0 Å². The molecular formula is C9H10N2O2. The summed E-state index contributed by atoms with van der Waals surface area (Å²) in [5.74, 6) is 0. The summed E-state index contributed by atoms with van der Waals surface area (Å²) >= 11 is 0. The van der Waals surface area contributed by atoms with Gasteiger partial charge in [-0.2, -0.15) is 0 Å². The zero-order chi connectivity index (χ0) is 9.26. The van der Waals surface area contributed by atoms with Gasteiger partial charge in [-0.15, -0.1) is 0 Å². The first kappa shape index (κ1) is 8.22. The fourth-order valence-electron chi connectivity index (χ4n) is 1.26. The topological polar surface area (TPSA) is 72.3 Å². The van der Waals surface area contributed by atoms with Crippen LogP contribution < -0.4 is 5.73 Å². The van der Waals surface area contributed by atoms with E-state index in [0.29, 0.717) is 11.3 Å². The molecule has 1 heterocycles. The minimum absolute atomic E-state index is 0.149. The van der Waals surface area contributed by atoms with Crippen molar-refractivity contribution in [1.29, 1.82) is 0 Å². The molecule has 0 aliphatic rings. The molecule has 2 rings (SSSR count). The summed E-state index contributed by atoms with van der Waals surface area (Å²) < 4.78 is 5.01. The molecule has 2 aromatic rings. The molecule has 1 atom stereocenters. The van der Waals surface area contributed by atoms with Crippen LogP contribution in [0.25, 0.3) is 11.0 Å². The first-order valence-corrected chi connectivity index (χ1v) is 4.05. The van der Waals surface area contributed by atoms with E-state index in [-0.39, 0.29) is 6.54 Å². The molecule has 4 nitrogen and oxygen atoms in total. The molecular weight excluding hydrogens is 168 g/mol. The molecule has 0 bridgehead atoms. The molecule has 3 N–H and O–H groups in total. The average molecular weight is 178 g/mol. The molecule has 1 aromatic heterocycles. The highest BCUT2D eigenvalue weighted by atomic mass is 16.5. The lowest BCUT2D eigenvalue weighted by atomic mass is 10.1. The van der Waals surface area contributed by atoms with Gasteiger partial charge in [0.25, 0.3) is 0 Å². The maximum atomic E-state index is 9.47. The summed E-state index contributed by atoms with van der Waals surface area (Å²) in [7, 11) is 0. The molecule has 0 amide bonds. The summed E-state index contributed by atoms with van der Waals surface area (Å²) in [6.07, 6.45) is -0.747. The second kappa shape index (κ2) is 3.16. The molecule has 0 saturated heterocycles. The van der Waals surface area contributed by atoms with E-state index >= 15 is 0 Å². The first-order chi connectivity index (χ1) is 6.33. The molecule has 0 aliphatic carbocycles. The van der Waals surface area contributed by atoms with Crippen LogP contribution in [0.5, 0.6) is 0 Å². The number of aliphatic hydroxyl groups is 1. The van der Waals surface area contributed by atoms with Crippen molar-refractivity contribution in [3.8, 4) is 0 Å². The highest BCUT2D eigenvalue weighted by molar-refractivity contribution is 5.79. The van der Waals surface area contributed by atoms with Crippen LogP contribution in [-0.4, -0.2) is 16.8 Å². The number of nitrogens with two attached hydrogens (primary N) is 1.